The number of phenols is 1. The monoisotopic (exact) mass is 1070 g/mol. The molecule has 0 saturated heterocycles. The number of thioether (sulfide) groups is 1. The van der Waals surface area contributed by atoms with Crippen molar-refractivity contribution >= 4 is 75.9 Å². The number of carboxylic acid groups (broad SMARTS) is 1. The van der Waals surface area contributed by atoms with Gasteiger partial charge in [0.15, 0.2) is 0 Å². The number of fused-ring (bicyclic) bond motifs is 1. The number of rotatable bonds is 32. The molecule has 0 saturated carbocycles. The highest BCUT2D eigenvalue weighted by molar-refractivity contribution is 7.98. The quantitative estimate of drug-likeness (QED) is 0.0353. The van der Waals surface area contributed by atoms with Gasteiger partial charge < -0.3 is 74.3 Å². The Morgan fingerprint density at radius 2 is 1.16 bits per heavy atom. The number of benzene rings is 2. The summed E-state index contributed by atoms with van der Waals surface area (Å²) in [5, 5.41) is 52.0. The number of para-hydroxylation sites is 1. The number of unbranched alkanes of at least 4 members (excludes halogenated alkanes) is 1. The van der Waals surface area contributed by atoms with Crippen LogP contribution in [0.5, 0.6) is 5.75 Å². The molecule has 9 atom stereocenters. The van der Waals surface area contributed by atoms with E-state index in [0.29, 0.717) is 29.7 Å². The van der Waals surface area contributed by atoms with Crippen LogP contribution in [0.3, 0.4) is 0 Å². The van der Waals surface area contributed by atoms with E-state index >= 15 is 0 Å². The van der Waals surface area contributed by atoms with Crippen LogP contribution in [0.25, 0.3) is 10.9 Å². The van der Waals surface area contributed by atoms with Crippen molar-refractivity contribution in [2.45, 2.75) is 141 Å². The number of aromatic amines is 1. The molecule has 414 valence electrons. The predicted octanol–water partition coefficient (Wildman–Crippen LogP) is -0.435. The minimum atomic E-state index is -1.68. The van der Waals surface area contributed by atoms with Gasteiger partial charge in [0.2, 0.25) is 47.3 Å². The Balaban J connectivity index is 1.82. The second-order valence-electron chi connectivity index (χ2n) is 19.3. The lowest BCUT2D eigenvalue weighted by Gasteiger charge is -2.28. The van der Waals surface area contributed by atoms with E-state index in [1.165, 1.54) is 49.9 Å². The van der Waals surface area contributed by atoms with Crippen molar-refractivity contribution < 1.29 is 58.5 Å². The van der Waals surface area contributed by atoms with Gasteiger partial charge in [0.05, 0.1) is 12.6 Å². The van der Waals surface area contributed by atoms with Gasteiger partial charge in [0, 0.05) is 29.9 Å². The number of aromatic nitrogens is 1. The molecule has 8 amide bonds. The third-order valence-electron chi connectivity index (χ3n) is 12.1. The summed E-state index contributed by atoms with van der Waals surface area (Å²) in [5.41, 5.74) is 13.3. The summed E-state index contributed by atoms with van der Waals surface area (Å²) < 4.78 is 0. The second kappa shape index (κ2) is 31.2. The van der Waals surface area contributed by atoms with E-state index in [9.17, 15) is 58.5 Å². The standard InChI is InChI=1S/C51H77N11O12S/c1-27(2)22-38(58-44(66)30(6)55-43(65)29(5)53)47(69)59-39(23-31-15-17-33(64)18-16-31)48(70)61-41(26-63)49(71)57-37(19-21-75-7)45(67)56-36(14-10-11-20-52)46(68)62-42(28(3)4)50(72)60-40(51(73)74)24-32-25-54-35-13-9-8-12-34(32)35/h8-9,12-13,15-18,25,27-30,36-42,54,63-64H,10-11,14,19-24,26,52-53H2,1-7H3,(H,55,65)(H,56,67)(H,57,71)(H,58,66)(H,59,69)(H,60,72)(H,61,70)(H,62,68)(H,73,74)/t29-,30-,36-,37-,38-,39-,40-,41-,42-/m0/s1. The molecule has 24 heteroatoms. The van der Waals surface area contributed by atoms with Gasteiger partial charge >= 0.3 is 5.97 Å². The lowest BCUT2D eigenvalue weighted by Crippen LogP contribution is -2.61. The molecule has 23 nitrogen and oxygen atoms in total. The van der Waals surface area contributed by atoms with Crippen LogP contribution in [-0.4, -0.2) is 153 Å². The predicted molar refractivity (Wildman–Crippen MR) is 284 cm³/mol. The molecular formula is C51H77N11O12S. The van der Waals surface area contributed by atoms with Gasteiger partial charge in [-0.15, -0.1) is 0 Å². The van der Waals surface area contributed by atoms with E-state index < -0.39 is 120 Å². The molecule has 3 rings (SSSR count). The number of phenolic OH excluding ortho intramolecular Hbond substituents is 1. The van der Waals surface area contributed by atoms with Gasteiger partial charge in [-0.3, -0.25) is 38.4 Å². The van der Waals surface area contributed by atoms with Crippen molar-refractivity contribution in [3.8, 4) is 5.75 Å². The SMILES string of the molecule is CSCC[C@H](NC(=O)[C@H](CO)NC(=O)[C@H](Cc1ccc(O)cc1)NC(=O)[C@H](CC(C)C)NC(=O)[C@H](C)NC(=O)[C@H](C)N)C(=O)N[C@@H](CCCCN)C(=O)N[C@H](C(=O)N[C@@H](Cc1c[nH]c2ccccc12)C(=O)O)C(C)C. The fourth-order valence-corrected chi connectivity index (χ4v) is 8.28. The highest BCUT2D eigenvalue weighted by Gasteiger charge is 2.35. The highest BCUT2D eigenvalue weighted by atomic mass is 32.2. The Morgan fingerprint density at radius 1 is 0.613 bits per heavy atom. The summed E-state index contributed by atoms with van der Waals surface area (Å²) in [4.78, 5) is 125. The van der Waals surface area contributed by atoms with Crippen LogP contribution in [0.15, 0.2) is 54.7 Å². The summed E-state index contributed by atoms with van der Waals surface area (Å²) >= 11 is 1.35. The Morgan fingerprint density at radius 3 is 1.75 bits per heavy atom. The van der Waals surface area contributed by atoms with Gasteiger partial charge in [-0.05, 0) is 106 Å². The summed E-state index contributed by atoms with van der Waals surface area (Å²) in [6.45, 7) is 9.10. The van der Waals surface area contributed by atoms with Gasteiger partial charge in [0.1, 0.15) is 54.1 Å². The average Bonchev–Trinajstić information content (AvgIpc) is 3.77. The Bertz CT molecular complexity index is 2400. The lowest BCUT2D eigenvalue weighted by molar-refractivity contribution is -0.142. The Labute approximate surface area is 441 Å². The van der Waals surface area contributed by atoms with E-state index in [4.69, 9.17) is 11.5 Å². The van der Waals surface area contributed by atoms with E-state index in [-0.39, 0.29) is 50.3 Å². The number of carbonyl (C=O) groups excluding carboxylic acids is 8. The number of carbonyl (C=O) groups is 9. The first kappa shape index (κ1) is 62.5. The number of carboxylic acids is 1. The van der Waals surface area contributed by atoms with Crippen LogP contribution in [0.1, 0.15) is 84.8 Å². The lowest BCUT2D eigenvalue weighted by atomic mass is 10.00. The molecular weight excluding hydrogens is 991 g/mol. The van der Waals surface area contributed by atoms with Crippen LogP contribution in [0.2, 0.25) is 0 Å². The molecule has 2 aromatic carbocycles. The fraction of sp³-hybridized carbons (Fsp3) is 0.549. The number of aliphatic hydroxyl groups is 1. The van der Waals surface area contributed by atoms with Gasteiger partial charge in [0.25, 0.3) is 0 Å². The molecule has 0 radical (unpaired) electrons. The molecule has 0 aliphatic carbocycles. The van der Waals surface area contributed by atoms with Crippen molar-refractivity contribution in [2.75, 3.05) is 25.2 Å². The molecule has 0 fully saturated rings. The number of H-pyrrole nitrogens is 1. The zero-order valence-electron chi connectivity index (χ0n) is 43.7. The van der Waals surface area contributed by atoms with Crippen molar-refractivity contribution in [2.24, 2.45) is 23.3 Å². The molecule has 1 aromatic heterocycles. The van der Waals surface area contributed by atoms with Crippen molar-refractivity contribution in [1.82, 2.24) is 47.5 Å². The Kier molecular flexibility index (Phi) is 26.0. The Hall–Kier alpha value is -6.76. The van der Waals surface area contributed by atoms with E-state index in [2.05, 4.69) is 47.5 Å². The highest BCUT2D eigenvalue weighted by Crippen LogP contribution is 2.20. The number of nitrogens with two attached hydrogens (primary N) is 2. The molecule has 1 heterocycles. The first-order valence-electron chi connectivity index (χ1n) is 25.0. The molecule has 0 aliphatic heterocycles. The summed E-state index contributed by atoms with van der Waals surface area (Å²) in [6, 6.07) is 1.59. The normalized spacial score (nSPS) is 14.9. The number of aliphatic carboxylic acids is 1. The zero-order chi connectivity index (χ0) is 55.9. The smallest absolute Gasteiger partial charge is 0.326 e. The van der Waals surface area contributed by atoms with E-state index in [0.717, 1.165) is 10.9 Å². The van der Waals surface area contributed by atoms with Gasteiger partial charge in [-0.2, -0.15) is 11.8 Å². The second-order valence-corrected chi connectivity index (χ2v) is 20.3. The summed E-state index contributed by atoms with van der Waals surface area (Å²) in [5.74, 6) is -8.02. The molecule has 0 bridgehead atoms. The third kappa shape index (κ3) is 20.5. The maximum absolute atomic E-state index is 14.1. The van der Waals surface area contributed by atoms with Crippen LogP contribution in [0.4, 0.5) is 0 Å². The van der Waals surface area contributed by atoms with E-state index in [1.54, 1.807) is 40.1 Å². The molecule has 0 aliphatic rings. The van der Waals surface area contributed by atoms with Crippen LogP contribution < -0.4 is 54.0 Å². The van der Waals surface area contributed by atoms with Crippen molar-refractivity contribution in [1.29, 1.82) is 0 Å². The topological polar surface area (TPSA) is 378 Å². The first-order valence-corrected chi connectivity index (χ1v) is 26.4. The molecule has 0 spiro atoms. The maximum atomic E-state index is 14.1. The number of hydrogen-bond donors (Lipinski definition) is 14. The molecule has 75 heavy (non-hydrogen) atoms. The zero-order valence-corrected chi connectivity index (χ0v) is 44.5. The minimum absolute atomic E-state index is 0.0298. The molecule has 0 unspecified atom stereocenters. The van der Waals surface area contributed by atoms with Crippen LogP contribution in [0, 0.1) is 11.8 Å². The van der Waals surface area contributed by atoms with E-state index in [1.807, 2.05) is 24.3 Å². The molecule has 3 aromatic rings. The van der Waals surface area contributed by atoms with Gasteiger partial charge in [-0.1, -0.05) is 58.0 Å². The van der Waals surface area contributed by atoms with Gasteiger partial charge in [-0.25, -0.2) is 4.79 Å². The number of amides is 8. The first-order chi connectivity index (χ1) is 35.5. The third-order valence-corrected chi connectivity index (χ3v) is 12.8. The average molecular weight is 1070 g/mol. The van der Waals surface area contributed by atoms with Crippen LogP contribution in [-0.2, 0) is 56.0 Å². The summed E-state index contributed by atoms with van der Waals surface area (Å²) in [7, 11) is 0. The number of hydrogen-bond acceptors (Lipinski definition) is 14. The largest absolute Gasteiger partial charge is 0.508 e. The van der Waals surface area contributed by atoms with Crippen LogP contribution >= 0.6 is 11.8 Å². The number of aliphatic hydroxyl groups excluding tert-OH is 1. The van der Waals surface area contributed by atoms with Crippen molar-refractivity contribution in [3.05, 3.63) is 65.9 Å². The number of aromatic hydroxyl groups is 1. The maximum Gasteiger partial charge on any atom is 0.326 e. The fourth-order valence-electron chi connectivity index (χ4n) is 7.81. The molecule has 16 N–H and O–H groups in total. The number of nitrogens with one attached hydrogen (secondary N) is 9. The van der Waals surface area contributed by atoms with Crippen molar-refractivity contribution in [3.63, 3.8) is 0 Å². The summed E-state index contributed by atoms with van der Waals surface area (Å²) in [6.07, 6.45) is 4.26. The minimum Gasteiger partial charge on any atom is -0.508 e.